The summed E-state index contributed by atoms with van der Waals surface area (Å²) in [6.07, 6.45) is 6.65. The zero-order valence-corrected chi connectivity index (χ0v) is 37.5. The molecule has 64 heavy (non-hydrogen) atoms. The minimum atomic E-state index is 1.27. The van der Waals surface area contributed by atoms with E-state index in [1.54, 1.807) is 25.7 Å². The normalized spacial score (nSPS) is 103. The maximum absolute atomic E-state index is 1.66. The minimum Gasteiger partial charge on any atom is -0.0496 e. The highest BCUT2D eigenvalue weighted by molar-refractivity contribution is 5.48. The zero-order valence-electron chi connectivity index (χ0n) is 37.5. The van der Waals surface area contributed by atoms with Gasteiger partial charge in [-0.15, -0.1) is 0 Å². The van der Waals surface area contributed by atoms with Gasteiger partial charge in [0.1, 0.15) is 0 Å². The molecule has 0 aliphatic heterocycles. The van der Waals surface area contributed by atoms with Crippen LogP contribution in [-0.2, 0) is 0 Å². The molecular formula is C64H68. The van der Waals surface area contributed by atoms with Gasteiger partial charge in [0.15, 0.2) is 0 Å². The van der Waals surface area contributed by atoms with Crippen molar-refractivity contribution in [1.82, 2.24) is 0 Å². The standard InChI is InChI=1S/C64H68/c1-2-6-5(1)9-10(6)14-13(9)17-18(14)22-21(17)25-26(22)30-29(25)33-34(30)38-37(33)41-42(38)46-45(41)49-50(46)54-53(49)57-58(54)62-61(57)63-59-55-51-47-43-39-35-31-27-23-19-15-11-7-3-4-8(7)12(11)16(15)20(19)24(23)28(27)32(31)36(35)40(39)44(43)48(47)52(51)56(55)60(59)64(62)63/h5-64H,1-4H2. The molecule has 0 radical (unpaired) electrons. The van der Waals surface area contributed by atoms with Crippen molar-refractivity contribution in [1.29, 1.82) is 0 Å². The van der Waals surface area contributed by atoms with Crippen molar-refractivity contribution in [2.24, 2.45) is 355 Å². The molecule has 31 rings (SSSR count). The van der Waals surface area contributed by atoms with Crippen LogP contribution in [0.5, 0.6) is 0 Å². The Labute approximate surface area is 379 Å². The summed E-state index contributed by atoms with van der Waals surface area (Å²) in [6.45, 7) is 0. The number of rotatable bonds is 0. The summed E-state index contributed by atoms with van der Waals surface area (Å²) in [6, 6.07) is 0. The van der Waals surface area contributed by atoms with E-state index in [-0.39, 0.29) is 0 Å². The van der Waals surface area contributed by atoms with Crippen LogP contribution in [0.4, 0.5) is 0 Å². The minimum absolute atomic E-state index is 1.27. The summed E-state index contributed by atoms with van der Waals surface area (Å²) in [7, 11) is 0. The van der Waals surface area contributed by atoms with Crippen molar-refractivity contribution in [3.63, 3.8) is 0 Å². The first-order valence-corrected chi connectivity index (χ1v) is 32.0. The number of hydrogen-bond acceptors (Lipinski definition) is 0. The van der Waals surface area contributed by atoms with E-state index < -0.39 is 0 Å². The van der Waals surface area contributed by atoms with Crippen LogP contribution in [0, 0.1) is 355 Å². The topological polar surface area (TPSA) is 0 Å². The second-order valence-electron chi connectivity index (χ2n) is 36.1. The Morgan fingerprint density at radius 1 is 0.0781 bits per heavy atom. The van der Waals surface area contributed by atoms with E-state index in [1.165, 1.54) is 355 Å². The van der Waals surface area contributed by atoms with E-state index in [4.69, 9.17) is 0 Å². The number of hydrogen-bond donors (Lipinski definition) is 0. The van der Waals surface area contributed by atoms with Crippen molar-refractivity contribution >= 4 is 0 Å². The average molecular weight is 837 g/mol. The predicted octanol–water partition coefficient (Wildman–Crippen LogP) is 8.94. The first-order valence-electron chi connectivity index (χ1n) is 32.0. The molecule has 0 amide bonds. The SMILES string of the molecule is C1CC2C1C1C2C2C1C1C2C2C1C1C2C2C1C1C2C2C1C1C2C2C1C1C2C2C1C1C2C2C1C1C3C4C5C6C7C8C9C%10C%11C%12C%13C%14C%15C%16CCC%16C%15C%14C%13C%12C%11C%10C9C8C7C6C5C4C3C21. The van der Waals surface area contributed by atoms with Crippen molar-refractivity contribution in [3.05, 3.63) is 0 Å². The Kier molecular flexibility index (Phi) is 3.21. The predicted molar refractivity (Wildman–Crippen MR) is 228 cm³/mol. The molecule has 0 N–H and O–H groups in total. The van der Waals surface area contributed by atoms with Crippen molar-refractivity contribution in [2.75, 3.05) is 0 Å². The average Bonchev–Trinajstić information content (AvgIpc) is 3.20. The molecular weight excluding hydrogens is 769 g/mol. The van der Waals surface area contributed by atoms with Gasteiger partial charge in [-0.2, -0.15) is 0 Å². The van der Waals surface area contributed by atoms with Crippen LogP contribution in [-0.4, -0.2) is 0 Å². The van der Waals surface area contributed by atoms with Crippen LogP contribution in [0.3, 0.4) is 0 Å². The third kappa shape index (κ3) is 1.76. The molecule has 0 aromatic heterocycles. The highest BCUT2D eigenvalue weighted by Gasteiger charge is 3.01. The largest absolute Gasteiger partial charge is 0.0496 e. The van der Waals surface area contributed by atoms with E-state index in [1.807, 2.05) is 0 Å². The van der Waals surface area contributed by atoms with Gasteiger partial charge in [-0.25, -0.2) is 0 Å². The van der Waals surface area contributed by atoms with Crippen LogP contribution < -0.4 is 0 Å². The summed E-state index contributed by atoms with van der Waals surface area (Å²) in [5.74, 6) is 79.3. The van der Waals surface area contributed by atoms with Crippen LogP contribution in [0.1, 0.15) is 25.7 Å². The molecule has 0 aromatic rings. The van der Waals surface area contributed by atoms with E-state index >= 15 is 0 Å². The lowest BCUT2D eigenvalue weighted by Crippen LogP contribution is -2.99. The van der Waals surface area contributed by atoms with E-state index in [2.05, 4.69) is 0 Å². The second-order valence-corrected chi connectivity index (χ2v) is 36.1. The van der Waals surface area contributed by atoms with Gasteiger partial charge in [-0.1, -0.05) is 0 Å². The second kappa shape index (κ2) is 7.15. The third-order valence-corrected chi connectivity index (χ3v) is 41.2. The Balaban J connectivity index is 0.406. The Morgan fingerprint density at radius 3 is 0.203 bits per heavy atom. The molecule has 31 saturated carbocycles. The Morgan fingerprint density at radius 2 is 0.141 bits per heavy atom. The summed E-state index contributed by atoms with van der Waals surface area (Å²) in [4.78, 5) is 0. The van der Waals surface area contributed by atoms with Gasteiger partial charge in [-0.3, -0.25) is 0 Å². The van der Waals surface area contributed by atoms with Gasteiger partial charge in [0.2, 0.25) is 0 Å². The van der Waals surface area contributed by atoms with Gasteiger partial charge >= 0.3 is 0 Å². The van der Waals surface area contributed by atoms with Gasteiger partial charge in [0, 0.05) is 0 Å². The number of fused-ring (bicyclic) bond motifs is 88. The monoisotopic (exact) mass is 837 g/mol. The first-order chi connectivity index (χ1) is 32.0. The molecule has 0 spiro atoms. The molecule has 0 heteroatoms. The maximum atomic E-state index is 1.66. The fourth-order valence-corrected chi connectivity index (χ4v) is 42.1. The van der Waals surface area contributed by atoms with Gasteiger partial charge in [0.25, 0.3) is 0 Å². The van der Waals surface area contributed by atoms with Crippen molar-refractivity contribution < 1.29 is 0 Å². The van der Waals surface area contributed by atoms with Crippen LogP contribution in [0.2, 0.25) is 0 Å². The first kappa shape index (κ1) is 28.7. The molecule has 31 aliphatic carbocycles. The molecule has 56 unspecified atom stereocenters. The molecule has 56 atom stereocenters. The summed E-state index contributed by atoms with van der Waals surface area (Å²) in [5.41, 5.74) is 0. The Hall–Kier alpha value is 0. The van der Waals surface area contributed by atoms with Gasteiger partial charge in [0.05, 0.1) is 0 Å². The summed E-state index contributed by atoms with van der Waals surface area (Å²) >= 11 is 0. The lowest BCUT2D eigenvalue weighted by atomic mass is 9.02. The van der Waals surface area contributed by atoms with E-state index in [0.717, 1.165) is 0 Å². The molecule has 324 valence electrons. The molecule has 0 saturated heterocycles. The smallest absolute Gasteiger partial charge is 0.0312 e. The summed E-state index contributed by atoms with van der Waals surface area (Å²) in [5, 5.41) is 0. The molecule has 31 aliphatic rings. The Bertz CT molecular complexity index is 2390. The lowest BCUT2D eigenvalue weighted by molar-refractivity contribution is -0.556. The third-order valence-electron chi connectivity index (χ3n) is 41.2. The van der Waals surface area contributed by atoms with E-state index in [0.29, 0.717) is 0 Å². The van der Waals surface area contributed by atoms with E-state index in [9.17, 15) is 0 Å². The zero-order chi connectivity index (χ0) is 37.5. The molecule has 0 aromatic carbocycles. The fourth-order valence-electron chi connectivity index (χ4n) is 42.1. The van der Waals surface area contributed by atoms with Crippen molar-refractivity contribution in [3.8, 4) is 0 Å². The maximum Gasteiger partial charge on any atom is -0.0312 e. The lowest BCUT2D eigenvalue weighted by Gasteiger charge is -3.02. The quantitative estimate of drug-likeness (QED) is 0.214. The van der Waals surface area contributed by atoms with Gasteiger partial charge in [-0.05, 0) is 381 Å². The summed E-state index contributed by atoms with van der Waals surface area (Å²) < 4.78 is 0. The molecule has 31 fully saturated rings. The van der Waals surface area contributed by atoms with Gasteiger partial charge < -0.3 is 0 Å². The van der Waals surface area contributed by atoms with Crippen LogP contribution in [0.25, 0.3) is 0 Å². The van der Waals surface area contributed by atoms with Crippen LogP contribution >= 0.6 is 0 Å². The van der Waals surface area contributed by atoms with Crippen LogP contribution in [0.15, 0.2) is 0 Å². The molecule has 0 bridgehead atoms. The highest BCUT2D eigenvalue weighted by atomic mass is 15.1. The molecule has 0 heterocycles. The fraction of sp³-hybridized carbons (Fsp3) is 1.00. The highest BCUT2D eigenvalue weighted by Crippen LogP contribution is 3.04. The van der Waals surface area contributed by atoms with Crippen molar-refractivity contribution in [2.45, 2.75) is 25.7 Å². The molecule has 0 nitrogen and oxygen atoms in total.